The summed E-state index contributed by atoms with van der Waals surface area (Å²) in [5, 5.41) is 22.6. The van der Waals surface area contributed by atoms with Crippen molar-refractivity contribution >= 4 is 18.0 Å². The van der Waals surface area contributed by atoms with Crippen molar-refractivity contribution in [2.75, 3.05) is 33.9 Å². The Kier molecular flexibility index (Phi) is 8.82. The van der Waals surface area contributed by atoms with Gasteiger partial charge in [-0.25, -0.2) is 0 Å². The molecule has 1 aromatic carbocycles. The maximum absolute atomic E-state index is 11.5. The molecule has 1 amide bonds. The minimum Gasteiger partial charge on any atom is -0.396 e. The van der Waals surface area contributed by atoms with E-state index in [1.165, 1.54) is 4.90 Å². The van der Waals surface area contributed by atoms with E-state index in [4.69, 9.17) is 16.7 Å². The van der Waals surface area contributed by atoms with Gasteiger partial charge in [0, 0.05) is 45.4 Å². The van der Waals surface area contributed by atoms with E-state index in [0.717, 1.165) is 23.4 Å². The minimum absolute atomic E-state index is 0.0896. The molecule has 160 valence electrons. The number of halogens is 1. The average molecular weight is 423 g/mol. The summed E-state index contributed by atoms with van der Waals surface area (Å²) >= 11 is 6.03. The Morgan fingerprint density at radius 3 is 2.48 bits per heavy atom. The van der Waals surface area contributed by atoms with Crippen LogP contribution < -0.4 is 5.32 Å². The van der Waals surface area contributed by atoms with Gasteiger partial charge in [-0.15, -0.1) is 0 Å². The van der Waals surface area contributed by atoms with E-state index >= 15 is 0 Å². The Hall–Kier alpha value is -2.22. The van der Waals surface area contributed by atoms with Crippen molar-refractivity contribution in [3.63, 3.8) is 0 Å². The Balaban J connectivity index is 2.40. The zero-order chi connectivity index (χ0) is 21.4. The van der Waals surface area contributed by atoms with Crippen molar-refractivity contribution in [1.29, 1.82) is 0 Å². The van der Waals surface area contributed by atoms with Gasteiger partial charge in [0.1, 0.15) is 17.7 Å². The highest BCUT2D eigenvalue weighted by Gasteiger charge is 2.35. The summed E-state index contributed by atoms with van der Waals surface area (Å²) in [7, 11) is 3.62. The maximum atomic E-state index is 11.5. The minimum atomic E-state index is -0.0896. The predicted molar refractivity (Wildman–Crippen MR) is 115 cm³/mol. The molecule has 0 fully saturated rings. The van der Waals surface area contributed by atoms with Crippen molar-refractivity contribution in [2.45, 2.75) is 32.0 Å². The van der Waals surface area contributed by atoms with Crippen LogP contribution in [0, 0.1) is 0 Å². The molecule has 0 saturated heterocycles. The predicted octanol–water partition coefficient (Wildman–Crippen LogP) is 1.93. The third-order valence-corrected chi connectivity index (χ3v) is 5.24. The molecule has 3 N–H and O–H groups in total. The molecule has 1 unspecified atom stereocenters. The molecule has 1 aromatic rings. The van der Waals surface area contributed by atoms with Gasteiger partial charge >= 0.3 is 0 Å². The molecule has 0 spiro atoms. The first-order chi connectivity index (χ1) is 13.9. The fourth-order valence-electron chi connectivity index (χ4n) is 3.33. The number of nitrogens with one attached hydrogen (secondary N) is 1. The van der Waals surface area contributed by atoms with E-state index in [1.54, 1.807) is 7.05 Å². The van der Waals surface area contributed by atoms with Crippen molar-refractivity contribution in [3.8, 4) is 0 Å². The van der Waals surface area contributed by atoms with Crippen molar-refractivity contribution in [3.05, 3.63) is 58.6 Å². The number of hydrogen-bond acceptors (Lipinski definition) is 6. The number of carbonyl (C=O) groups excluding carboxylic acids is 1. The molecular formula is C21H31ClN4O3. The topological polar surface area (TPSA) is 79.3 Å². The number of carbonyl (C=O) groups is 1. The van der Waals surface area contributed by atoms with Crippen LogP contribution in [-0.2, 0) is 11.3 Å². The zero-order valence-corrected chi connectivity index (χ0v) is 17.9. The highest BCUT2D eigenvalue weighted by molar-refractivity contribution is 6.30. The summed E-state index contributed by atoms with van der Waals surface area (Å²) in [4.78, 5) is 17.2. The fraction of sp³-hybridized carbons (Fsp3) is 0.476. The molecule has 0 saturated carbocycles. The van der Waals surface area contributed by atoms with Gasteiger partial charge in [-0.2, -0.15) is 0 Å². The lowest BCUT2D eigenvalue weighted by molar-refractivity contribution is -0.115. The molecule has 0 aromatic heterocycles. The molecule has 8 heteroatoms. The van der Waals surface area contributed by atoms with E-state index in [0.29, 0.717) is 43.2 Å². The smallest absolute Gasteiger partial charge is 0.215 e. The summed E-state index contributed by atoms with van der Waals surface area (Å²) in [6.07, 6.45) is 2.64. The Bertz CT molecular complexity index is 723. The van der Waals surface area contributed by atoms with Crippen LogP contribution in [0.3, 0.4) is 0 Å². The monoisotopic (exact) mass is 422 g/mol. The summed E-state index contributed by atoms with van der Waals surface area (Å²) in [6.45, 7) is 5.71. The van der Waals surface area contributed by atoms with Crippen LogP contribution in [-0.4, -0.2) is 71.3 Å². The van der Waals surface area contributed by atoms with Gasteiger partial charge in [-0.3, -0.25) is 4.79 Å². The van der Waals surface area contributed by atoms with Crippen LogP contribution >= 0.6 is 11.6 Å². The number of hydrogen-bond donors (Lipinski definition) is 3. The quantitative estimate of drug-likeness (QED) is 0.447. The highest BCUT2D eigenvalue weighted by Crippen LogP contribution is 2.32. The van der Waals surface area contributed by atoms with Crippen LogP contribution in [0.4, 0.5) is 0 Å². The number of benzene rings is 1. The molecular weight excluding hydrogens is 392 g/mol. The van der Waals surface area contributed by atoms with Gasteiger partial charge in [-0.1, -0.05) is 30.3 Å². The molecule has 1 atom stereocenters. The van der Waals surface area contributed by atoms with Gasteiger partial charge in [0.25, 0.3) is 0 Å². The number of rotatable bonds is 12. The number of aliphatic hydroxyl groups is 2. The second-order valence-electron chi connectivity index (χ2n) is 7.14. The van der Waals surface area contributed by atoms with Crippen LogP contribution in [0.2, 0.25) is 5.02 Å². The summed E-state index contributed by atoms with van der Waals surface area (Å²) in [5.74, 6) is 0.678. The first-order valence-electron chi connectivity index (χ1n) is 9.75. The number of likely N-dealkylation sites (N-methyl/N-ethyl adjacent to an activating group) is 1. The number of amides is 1. The Morgan fingerprint density at radius 1 is 1.24 bits per heavy atom. The van der Waals surface area contributed by atoms with Crippen LogP contribution in [0.15, 0.2) is 48.1 Å². The second kappa shape index (κ2) is 11.1. The molecule has 0 radical (unpaired) electrons. The fourth-order valence-corrected chi connectivity index (χ4v) is 3.46. The van der Waals surface area contributed by atoms with E-state index in [-0.39, 0.29) is 19.4 Å². The van der Waals surface area contributed by atoms with Crippen LogP contribution in [0.1, 0.15) is 24.8 Å². The molecule has 0 aliphatic carbocycles. The molecule has 1 aliphatic rings. The maximum Gasteiger partial charge on any atom is 0.215 e. The molecule has 0 bridgehead atoms. The van der Waals surface area contributed by atoms with Gasteiger partial charge in [0.2, 0.25) is 6.41 Å². The van der Waals surface area contributed by atoms with Gasteiger partial charge in [0.15, 0.2) is 0 Å². The van der Waals surface area contributed by atoms with E-state index < -0.39 is 0 Å². The van der Waals surface area contributed by atoms with Crippen LogP contribution in [0.25, 0.3) is 0 Å². The largest absolute Gasteiger partial charge is 0.396 e. The standard InChI is InChI=1S/C21H31ClN4O3/c1-16(24(2)11-5-13-28)20-21(25(3)15-29)23-19(6-4-12-27)26(20)14-17-7-9-18(22)10-8-17/h7-10,15,19,23,27-28H,1,4-6,11-14H2,2-3H3. The molecule has 1 aliphatic heterocycles. The summed E-state index contributed by atoms with van der Waals surface area (Å²) < 4.78 is 0. The van der Waals surface area contributed by atoms with Gasteiger partial charge in [-0.05, 0) is 37.0 Å². The van der Waals surface area contributed by atoms with E-state index in [2.05, 4.69) is 16.8 Å². The lowest BCUT2D eigenvalue weighted by Gasteiger charge is -2.32. The zero-order valence-electron chi connectivity index (χ0n) is 17.1. The van der Waals surface area contributed by atoms with Crippen molar-refractivity contribution in [2.24, 2.45) is 0 Å². The highest BCUT2D eigenvalue weighted by atomic mass is 35.5. The molecule has 2 rings (SSSR count). The average Bonchev–Trinajstić information content (AvgIpc) is 3.08. The Labute approximate surface area is 177 Å². The van der Waals surface area contributed by atoms with Crippen molar-refractivity contribution in [1.82, 2.24) is 20.0 Å². The first-order valence-corrected chi connectivity index (χ1v) is 10.1. The number of aliphatic hydroxyl groups excluding tert-OH is 2. The van der Waals surface area contributed by atoms with E-state index in [1.807, 2.05) is 36.2 Å². The third-order valence-electron chi connectivity index (χ3n) is 4.99. The molecule has 29 heavy (non-hydrogen) atoms. The Morgan fingerprint density at radius 2 is 1.90 bits per heavy atom. The summed E-state index contributed by atoms with van der Waals surface area (Å²) in [6, 6.07) is 7.66. The SMILES string of the molecule is C=C(C1=C(N(C)C=O)NC(CCCO)N1Cc1ccc(Cl)cc1)N(C)CCCO. The van der Waals surface area contributed by atoms with Crippen LogP contribution in [0.5, 0.6) is 0 Å². The summed E-state index contributed by atoms with van der Waals surface area (Å²) in [5.41, 5.74) is 2.66. The van der Waals surface area contributed by atoms with Gasteiger partial charge < -0.3 is 30.2 Å². The first kappa shape index (κ1) is 23.1. The molecule has 7 nitrogen and oxygen atoms in total. The van der Waals surface area contributed by atoms with Crippen molar-refractivity contribution < 1.29 is 15.0 Å². The lowest BCUT2D eigenvalue weighted by Crippen LogP contribution is -2.39. The third kappa shape index (κ3) is 5.88. The molecule has 1 heterocycles. The normalized spacial score (nSPS) is 16.0. The number of nitrogens with zero attached hydrogens (tertiary/aromatic N) is 3. The van der Waals surface area contributed by atoms with Gasteiger partial charge in [0.05, 0.1) is 5.70 Å². The lowest BCUT2D eigenvalue weighted by atomic mass is 10.1. The second-order valence-corrected chi connectivity index (χ2v) is 7.58. The van der Waals surface area contributed by atoms with E-state index in [9.17, 15) is 9.90 Å².